The smallest absolute Gasteiger partial charge is 0.302 e. The molecule has 1 fully saturated rings. The molecule has 1 heterocycles. The Kier molecular flexibility index (Phi) is 3.67. The van der Waals surface area contributed by atoms with E-state index in [1.165, 1.54) is 11.8 Å². The first kappa shape index (κ1) is 12.4. The van der Waals surface area contributed by atoms with Crippen LogP contribution in [0.15, 0.2) is 0 Å². The van der Waals surface area contributed by atoms with Crippen LogP contribution in [0.1, 0.15) is 13.3 Å². The molecule has 0 radical (unpaired) electrons. The van der Waals surface area contributed by atoms with E-state index in [-0.39, 0.29) is 25.4 Å². The van der Waals surface area contributed by atoms with E-state index in [1.807, 2.05) is 0 Å². The summed E-state index contributed by atoms with van der Waals surface area (Å²) in [5.74, 6) is -1.34. The van der Waals surface area contributed by atoms with Crippen molar-refractivity contribution in [1.82, 2.24) is 4.90 Å². The molecule has 0 aromatic rings. The minimum absolute atomic E-state index is 0.0376. The fourth-order valence-electron chi connectivity index (χ4n) is 1.74. The summed E-state index contributed by atoms with van der Waals surface area (Å²) in [6.07, 6.45) is -0.620. The molecule has 0 aromatic carbocycles. The number of aliphatic hydroxyl groups excluding tert-OH is 1. The largest absolute Gasteiger partial charge is 0.392 e. The van der Waals surface area contributed by atoms with Gasteiger partial charge in [-0.05, 0) is 6.92 Å². The fraction of sp³-hybridized carbons (Fsp3) is 0.875. The highest BCUT2D eigenvalue weighted by Crippen LogP contribution is 2.20. The molecule has 1 N–H and O–H groups in total. The van der Waals surface area contributed by atoms with Gasteiger partial charge in [0.15, 0.2) is 0 Å². The van der Waals surface area contributed by atoms with Crippen LogP contribution in [-0.4, -0.2) is 49.3 Å². The summed E-state index contributed by atoms with van der Waals surface area (Å²) in [6, 6.07) is 0. The molecule has 0 spiro atoms. The van der Waals surface area contributed by atoms with Gasteiger partial charge >= 0.3 is 10.2 Å². The molecule has 2 atom stereocenters. The molecular weight excluding hydrogens is 225 g/mol. The second-order valence-electron chi connectivity index (χ2n) is 3.92. The number of likely N-dealkylation sites (tertiary alicyclic amines) is 1. The Labute approximate surface area is 88.1 Å². The van der Waals surface area contributed by atoms with E-state index >= 15 is 0 Å². The van der Waals surface area contributed by atoms with Gasteiger partial charge in [-0.2, -0.15) is 8.42 Å². The Hall–Kier alpha value is -0.690. The molecule has 0 aliphatic carbocycles. The van der Waals surface area contributed by atoms with Crippen molar-refractivity contribution in [3.05, 3.63) is 0 Å². The van der Waals surface area contributed by atoms with Gasteiger partial charge in [0, 0.05) is 25.4 Å². The molecule has 1 amide bonds. The number of hydrogen-bond donors (Lipinski definition) is 1. The number of β-amino-alcohol motifs (C(OH)–C–C–N with tert-alkyl or cyclic N) is 1. The highest BCUT2D eigenvalue weighted by atomic mass is 32.3. The topological polar surface area (TPSA) is 74.7 Å². The number of rotatable bonds is 4. The predicted octanol–water partition coefficient (Wildman–Crippen LogP) is -0.485. The first-order chi connectivity index (χ1) is 6.78. The van der Waals surface area contributed by atoms with Crippen LogP contribution in [0.3, 0.4) is 0 Å². The van der Waals surface area contributed by atoms with E-state index in [4.69, 9.17) is 5.11 Å². The second-order valence-corrected chi connectivity index (χ2v) is 5.33. The molecule has 88 valence electrons. The third-order valence-electron chi connectivity index (χ3n) is 2.21. The standard InChI is InChI=1S/C8H14FNO4S/c1-6(11)3-10-4-7(2-8(10)12)5-15(9,13)14/h6-7,11H,2-5H2,1H3/t6-,7?/m0/s1. The highest BCUT2D eigenvalue weighted by Gasteiger charge is 2.32. The summed E-state index contributed by atoms with van der Waals surface area (Å²) in [6.45, 7) is 1.90. The predicted molar refractivity (Wildman–Crippen MR) is 51.3 cm³/mol. The van der Waals surface area contributed by atoms with E-state index < -0.39 is 28.0 Å². The molecular formula is C8H14FNO4S. The summed E-state index contributed by atoms with van der Waals surface area (Å²) >= 11 is 0. The van der Waals surface area contributed by atoms with Gasteiger partial charge in [0.25, 0.3) is 0 Å². The van der Waals surface area contributed by atoms with Crippen molar-refractivity contribution in [1.29, 1.82) is 0 Å². The quantitative estimate of drug-likeness (QED) is 0.672. The van der Waals surface area contributed by atoms with Crippen molar-refractivity contribution >= 4 is 16.1 Å². The number of hydrogen-bond acceptors (Lipinski definition) is 4. The van der Waals surface area contributed by atoms with Crippen LogP contribution in [0.25, 0.3) is 0 Å². The summed E-state index contributed by atoms with van der Waals surface area (Å²) in [7, 11) is -4.52. The van der Waals surface area contributed by atoms with Crippen molar-refractivity contribution in [2.24, 2.45) is 5.92 Å². The van der Waals surface area contributed by atoms with Gasteiger partial charge in [0.1, 0.15) is 0 Å². The molecule has 1 unspecified atom stereocenters. The first-order valence-corrected chi connectivity index (χ1v) is 6.21. The average molecular weight is 239 g/mol. The maximum absolute atomic E-state index is 12.4. The lowest BCUT2D eigenvalue weighted by Crippen LogP contribution is -2.32. The van der Waals surface area contributed by atoms with E-state index in [2.05, 4.69) is 0 Å². The van der Waals surface area contributed by atoms with Gasteiger partial charge in [-0.1, -0.05) is 0 Å². The number of carbonyl (C=O) groups is 1. The normalized spacial score (nSPS) is 24.6. The maximum atomic E-state index is 12.4. The third-order valence-corrected chi connectivity index (χ3v) is 3.08. The molecule has 0 aromatic heterocycles. The van der Waals surface area contributed by atoms with Crippen LogP contribution < -0.4 is 0 Å². The van der Waals surface area contributed by atoms with E-state index in [1.54, 1.807) is 0 Å². The lowest BCUT2D eigenvalue weighted by Gasteiger charge is -2.17. The minimum atomic E-state index is -4.52. The molecule has 7 heteroatoms. The number of carbonyl (C=O) groups excluding carboxylic acids is 1. The van der Waals surface area contributed by atoms with Crippen LogP contribution in [-0.2, 0) is 15.0 Å². The summed E-state index contributed by atoms with van der Waals surface area (Å²) in [5.41, 5.74) is 0. The average Bonchev–Trinajstić information content (AvgIpc) is 2.26. The van der Waals surface area contributed by atoms with Crippen molar-refractivity contribution in [3.8, 4) is 0 Å². The molecule has 0 bridgehead atoms. The molecule has 1 saturated heterocycles. The highest BCUT2D eigenvalue weighted by molar-refractivity contribution is 7.86. The SMILES string of the molecule is C[C@H](O)CN1CC(CS(=O)(=O)F)CC1=O. The van der Waals surface area contributed by atoms with Crippen molar-refractivity contribution in [2.75, 3.05) is 18.8 Å². The number of aliphatic hydroxyl groups is 1. The summed E-state index contributed by atoms with van der Waals surface area (Å²) in [5, 5.41) is 9.06. The Morgan fingerprint density at radius 2 is 2.27 bits per heavy atom. The maximum Gasteiger partial charge on any atom is 0.302 e. The fourth-order valence-corrected chi connectivity index (χ4v) is 2.53. The minimum Gasteiger partial charge on any atom is -0.392 e. The summed E-state index contributed by atoms with van der Waals surface area (Å²) < 4.78 is 33.1. The Morgan fingerprint density at radius 1 is 1.67 bits per heavy atom. The zero-order chi connectivity index (χ0) is 11.6. The monoisotopic (exact) mass is 239 g/mol. The van der Waals surface area contributed by atoms with Crippen molar-refractivity contribution in [2.45, 2.75) is 19.4 Å². The zero-order valence-electron chi connectivity index (χ0n) is 8.39. The van der Waals surface area contributed by atoms with E-state index in [9.17, 15) is 17.1 Å². The Balaban J connectivity index is 2.52. The number of amides is 1. The molecule has 1 rings (SSSR count). The van der Waals surface area contributed by atoms with Gasteiger partial charge < -0.3 is 10.0 Å². The van der Waals surface area contributed by atoms with Crippen molar-refractivity contribution in [3.63, 3.8) is 0 Å². The lowest BCUT2D eigenvalue weighted by molar-refractivity contribution is -0.128. The van der Waals surface area contributed by atoms with Gasteiger partial charge in [-0.3, -0.25) is 4.79 Å². The van der Waals surface area contributed by atoms with E-state index in [0.717, 1.165) is 0 Å². The third kappa shape index (κ3) is 4.13. The molecule has 0 saturated carbocycles. The van der Waals surface area contributed by atoms with Gasteiger partial charge in [0.05, 0.1) is 11.9 Å². The molecule has 1 aliphatic heterocycles. The number of nitrogens with zero attached hydrogens (tertiary/aromatic N) is 1. The molecule has 15 heavy (non-hydrogen) atoms. The first-order valence-electron chi connectivity index (χ1n) is 4.66. The number of halogens is 1. The lowest BCUT2D eigenvalue weighted by atomic mass is 10.1. The molecule has 5 nitrogen and oxygen atoms in total. The van der Waals surface area contributed by atoms with Gasteiger partial charge in [0.2, 0.25) is 5.91 Å². The Morgan fingerprint density at radius 3 is 2.73 bits per heavy atom. The van der Waals surface area contributed by atoms with Crippen LogP contribution in [0.5, 0.6) is 0 Å². The Bertz CT molecular complexity index is 341. The van der Waals surface area contributed by atoms with E-state index in [0.29, 0.717) is 0 Å². The van der Waals surface area contributed by atoms with Crippen LogP contribution in [0.4, 0.5) is 3.89 Å². The molecule has 1 aliphatic rings. The zero-order valence-corrected chi connectivity index (χ0v) is 9.21. The van der Waals surface area contributed by atoms with Crippen LogP contribution in [0, 0.1) is 5.92 Å². The van der Waals surface area contributed by atoms with Crippen LogP contribution >= 0.6 is 0 Å². The summed E-state index contributed by atoms with van der Waals surface area (Å²) in [4.78, 5) is 12.7. The van der Waals surface area contributed by atoms with Gasteiger partial charge in [-0.25, -0.2) is 0 Å². The second kappa shape index (κ2) is 4.44. The van der Waals surface area contributed by atoms with Crippen molar-refractivity contribution < 1.29 is 22.2 Å². The van der Waals surface area contributed by atoms with Crippen LogP contribution in [0.2, 0.25) is 0 Å². The van der Waals surface area contributed by atoms with Gasteiger partial charge in [-0.15, -0.1) is 3.89 Å².